The van der Waals surface area contributed by atoms with Crippen molar-refractivity contribution in [3.63, 3.8) is 0 Å². The number of likely N-dealkylation sites (N-methyl/N-ethyl adjacent to an activating group) is 1. The zero-order chi connectivity index (χ0) is 23.4. The van der Waals surface area contributed by atoms with Gasteiger partial charge in [0.1, 0.15) is 5.75 Å². The van der Waals surface area contributed by atoms with E-state index in [1.165, 1.54) is 5.56 Å². The molecule has 1 amide bonds. The molecule has 0 bridgehead atoms. The number of nitrogens with one attached hydrogen (secondary N) is 1. The summed E-state index contributed by atoms with van der Waals surface area (Å²) in [4.78, 5) is 15.5. The molecule has 5 nitrogen and oxygen atoms in total. The quantitative estimate of drug-likeness (QED) is 0.658. The lowest BCUT2D eigenvalue weighted by molar-refractivity contribution is -0.138. The number of carbonyl (C=O) groups excluding carboxylic acids is 1. The topological polar surface area (TPSA) is 50.8 Å². The van der Waals surface area contributed by atoms with Crippen LogP contribution in [0.5, 0.6) is 5.75 Å². The van der Waals surface area contributed by atoms with E-state index in [-0.39, 0.29) is 23.5 Å². The van der Waals surface area contributed by atoms with Gasteiger partial charge in [0.15, 0.2) is 10.7 Å². The fourth-order valence-corrected chi connectivity index (χ4v) is 6.48. The monoisotopic (exact) mass is 464 g/mol. The molecule has 2 aromatic carbocycles. The molecule has 2 fully saturated rings. The molecule has 0 aromatic heterocycles. The standard InChI is InChI=1S/C27H32N2O3S/c1-17(2)32-21-10-12-26(13-11-21)16-20-9-8-19(18-6-5-7-22(14-18)31-4)15-23(20)27(26)24(30)29(3)25(33)28-27/h5-9,14-15,17,21H,10-13,16H2,1-4H3,(H,28,33)/t21-,26-,27?. The third-order valence-corrected chi connectivity index (χ3v) is 8.20. The second-order valence-corrected chi connectivity index (χ2v) is 10.4. The zero-order valence-corrected chi connectivity index (χ0v) is 20.6. The molecular formula is C27H32N2O3S. The Morgan fingerprint density at radius 1 is 1.12 bits per heavy atom. The van der Waals surface area contributed by atoms with Crippen molar-refractivity contribution < 1.29 is 14.3 Å². The number of ether oxygens (including phenoxy) is 2. The molecule has 1 aliphatic heterocycles. The van der Waals surface area contributed by atoms with Gasteiger partial charge in [0, 0.05) is 12.5 Å². The Morgan fingerprint density at radius 2 is 1.85 bits per heavy atom. The van der Waals surface area contributed by atoms with E-state index in [1.54, 1.807) is 19.1 Å². The molecular weight excluding hydrogens is 432 g/mol. The fraction of sp³-hybridized carbons (Fsp3) is 0.481. The minimum atomic E-state index is -0.814. The van der Waals surface area contributed by atoms with Crippen LogP contribution < -0.4 is 10.1 Å². The van der Waals surface area contributed by atoms with E-state index in [1.807, 2.05) is 18.2 Å². The van der Waals surface area contributed by atoms with Crippen molar-refractivity contribution in [2.24, 2.45) is 5.41 Å². The van der Waals surface area contributed by atoms with Gasteiger partial charge in [0.2, 0.25) is 0 Å². The maximum atomic E-state index is 13.9. The molecule has 1 unspecified atom stereocenters. The number of nitrogens with zero attached hydrogens (tertiary/aromatic N) is 1. The molecule has 2 aliphatic carbocycles. The summed E-state index contributed by atoms with van der Waals surface area (Å²) >= 11 is 5.60. The van der Waals surface area contributed by atoms with Gasteiger partial charge in [0.05, 0.1) is 19.3 Å². The minimum absolute atomic E-state index is 0.0669. The molecule has 1 atom stereocenters. The molecule has 6 heteroatoms. The molecule has 1 saturated carbocycles. The van der Waals surface area contributed by atoms with Crippen molar-refractivity contribution >= 4 is 23.2 Å². The first-order valence-electron chi connectivity index (χ1n) is 11.8. The van der Waals surface area contributed by atoms with E-state index < -0.39 is 5.54 Å². The number of fused-ring (bicyclic) bond motifs is 3. The molecule has 1 N–H and O–H groups in total. The van der Waals surface area contributed by atoms with Crippen LogP contribution in [0.2, 0.25) is 0 Å². The van der Waals surface area contributed by atoms with Crippen LogP contribution in [0.15, 0.2) is 42.5 Å². The molecule has 3 aliphatic rings. The van der Waals surface area contributed by atoms with Gasteiger partial charge in [-0.2, -0.15) is 0 Å². The van der Waals surface area contributed by atoms with Crippen molar-refractivity contribution in [2.45, 2.75) is 63.7 Å². The third-order valence-electron chi connectivity index (χ3n) is 7.82. The second-order valence-electron chi connectivity index (χ2n) is 9.99. The second kappa shape index (κ2) is 8.10. The molecule has 1 saturated heterocycles. The molecule has 0 radical (unpaired) electrons. The Labute approximate surface area is 201 Å². The Balaban J connectivity index is 1.59. The summed E-state index contributed by atoms with van der Waals surface area (Å²) in [5.41, 5.74) is 3.45. The molecule has 5 rings (SSSR count). The summed E-state index contributed by atoms with van der Waals surface area (Å²) in [6.07, 6.45) is 5.14. The van der Waals surface area contributed by atoms with E-state index in [2.05, 4.69) is 43.4 Å². The predicted molar refractivity (Wildman–Crippen MR) is 133 cm³/mol. The Bertz CT molecular complexity index is 1110. The highest BCUT2D eigenvalue weighted by atomic mass is 32.1. The normalized spacial score (nSPS) is 28.6. The average Bonchev–Trinajstić information content (AvgIpc) is 3.21. The number of methoxy groups -OCH3 is 1. The highest BCUT2D eigenvalue weighted by Gasteiger charge is 2.66. The number of benzene rings is 2. The molecule has 2 spiro atoms. The summed E-state index contributed by atoms with van der Waals surface area (Å²) in [7, 11) is 3.47. The number of hydrogen-bond acceptors (Lipinski definition) is 4. The molecule has 2 aromatic rings. The van der Waals surface area contributed by atoms with Crippen LogP contribution in [0.1, 0.15) is 50.7 Å². The number of rotatable bonds is 4. The summed E-state index contributed by atoms with van der Waals surface area (Å²) < 4.78 is 11.6. The molecule has 1 heterocycles. The van der Waals surface area contributed by atoms with E-state index >= 15 is 0 Å². The van der Waals surface area contributed by atoms with Crippen molar-refractivity contribution in [3.05, 3.63) is 53.6 Å². The zero-order valence-electron chi connectivity index (χ0n) is 19.8. The van der Waals surface area contributed by atoms with Crippen molar-refractivity contribution in [3.8, 4) is 16.9 Å². The van der Waals surface area contributed by atoms with Crippen LogP contribution in [0.4, 0.5) is 0 Å². The van der Waals surface area contributed by atoms with Crippen LogP contribution in [0.25, 0.3) is 11.1 Å². The number of carbonyl (C=O) groups is 1. The largest absolute Gasteiger partial charge is 0.497 e. The van der Waals surface area contributed by atoms with E-state index in [0.29, 0.717) is 5.11 Å². The first kappa shape index (κ1) is 22.4. The van der Waals surface area contributed by atoms with Gasteiger partial charge in [-0.1, -0.05) is 24.3 Å². The Kier molecular flexibility index (Phi) is 5.49. The average molecular weight is 465 g/mol. The lowest BCUT2D eigenvalue weighted by Gasteiger charge is -2.46. The lowest BCUT2D eigenvalue weighted by Crippen LogP contribution is -2.56. The minimum Gasteiger partial charge on any atom is -0.497 e. The summed E-state index contributed by atoms with van der Waals surface area (Å²) in [5, 5.41) is 4.06. The highest BCUT2D eigenvalue weighted by Crippen LogP contribution is 2.60. The number of hydrogen-bond donors (Lipinski definition) is 1. The van der Waals surface area contributed by atoms with E-state index in [0.717, 1.165) is 54.5 Å². The third kappa shape index (κ3) is 3.38. The van der Waals surface area contributed by atoms with Gasteiger partial charge in [0.25, 0.3) is 5.91 Å². The van der Waals surface area contributed by atoms with Crippen molar-refractivity contribution in [1.29, 1.82) is 0 Å². The van der Waals surface area contributed by atoms with E-state index in [4.69, 9.17) is 21.7 Å². The predicted octanol–water partition coefficient (Wildman–Crippen LogP) is 4.81. The van der Waals surface area contributed by atoms with E-state index in [9.17, 15) is 4.79 Å². The van der Waals surface area contributed by atoms with Gasteiger partial charge in [-0.15, -0.1) is 0 Å². The Morgan fingerprint density at radius 3 is 2.48 bits per heavy atom. The maximum absolute atomic E-state index is 13.9. The molecule has 33 heavy (non-hydrogen) atoms. The van der Waals surface area contributed by atoms with Crippen molar-refractivity contribution in [2.75, 3.05) is 14.2 Å². The van der Waals surface area contributed by atoms with Crippen LogP contribution in [-0.2, 0) is 21.5 Å². The summed E-state index contributed by atoms with van der Waals surface area (Å²) in [6.45, 7) is 4.18. The van der Waals surface area contributed by atoms with Gasteiger partial charge in [-0.25, -0.2) is 0 Å². The Hall–Kier alpha value is -2.44. The maximum Gasteiger partial charge on any atom is 0.259 e. The van der Waals surface area contributed by atoms with Crippen molar-refractivity contribution in [1.82, 2.24) is 10.2 Å². The first-order chi connectivity index (χ1) is 15.8. The summed E-state index contributed by atoms with van der Waals surface area (Å²) in [6, 6.07) is 14.6. The van der Waals surface area contributed by atoms with Crippen LogP contribution in [0.3, 0.4) is 0 Å². The lowest BCUT2D eigenvalue weighted by atomic mass is 9.61. The van der Waals surface area contributed by atoms with Crippen LogP contribution in [0, 0.1) is 5.41 Å². The molecule has 174 valence electrons. The van der Waals surface area contributed by atoms with Gasteiger partial charge in [-0.3, -0.25) is 9.69 Å². The number of amides is 1. The SMILES string of the molecule is COc1cccc(-c2ccc3c(c2)C2(NC(=S)N(C)C2=O)[C@]2(CC[C@H](OC(C)C)CC2)C3)c1. The van der Waals surface area contributed by atoms with Gasteiger partial charge < -0.3 is 14.8 Å². The smallest absolute Gasteiger partial charge is 0.259 e. The fourth-order valence-electron chi connectivity index (χ4n) is 6.24. The first-order valence-corrected chi connectivity index (χ1v) is 12.2. The van der Waals surface area contributed by atoms with Crippen LogP contribution >= 0.6 is 12.2 Å². The highest BCUT2D eigenvalue weighted by molar-refractivity contribution is 7.80. The van der Waals surface area contributed by atoms with Crippen LogP contribution in [-0.4, -0.2) is 42.3 Å². The van der Waals surface area contributed by atoms with Gasteiger partial charge >= 0.3 is 0 Å². The summed E-state index contributed by atoms with van der Waals surface area (Å²) in [5.74, 6) is 0.885. The van der Waals surface area contributed by atoms with Gasteiger partial charge in [-0.05, 0) is 98.6 Å². The number of thiocarbonyl (C=S) groups is 1.